The highest BCUT2D eigenvalue weighted by Crippen LogP contribution is 2.19. The van der Waals surface area contributed by atoms with Crippen LogP contribution in [0.5, 0.6) is 0 Å². The summed E-state index contributed by atoms with van der Waals surface area (Å²) in [5.74, 6) is -1.14. The Hall–Kier alpha value is -2.48. The number of ether oxygens (including phenoxy) is 1. The van der Waals surface area contributed by atoms with E-state index in [-0.39, 0.29) is 5.56 Å². The molecule has 0 aliphatic heterocycles. The van der Waals surface area contributed by atoms with Crippen molar-refractivity contribution in [3.05, 3.63) is 41.2 Å². The van der Waals surface area contributed by atoms with Gasteiger partial charge in [0.15, 0.2) is 6.10 Å². The van der Waals surface area contributed by atoms with Gasteiger partial charge in [0, 0.05) is 13.3 Å². The van der Waals surface area contributed by atoms with Gasteiger partial charge in [-0.05, 0) is 32.9 Å². The first-order chi connectivity index (χ1) is 11.7. The van der Waals surface area contributed by atoms with Gasteiger partial charge in [0.1, 0.15) is 0 Å². The Kier molecular flexibility index (Phi) is 5.73. The number of amides is 1. The number of esters is 1. The smallest absolute Gasteiger partial charge is 0.340 e. The molecule has 2 aromatic rings. The number of carbonyl (C=O) groups excluding carboxylic acids is 2. The SMILES string of the molecule is Cc1nn(C)c(C)c1NC(=O)[C@H](C)OC(=O)c1ccccc1[S@@](C)=O. The zero-order chi connectivity index (χ0) is 18.7. The van der Waals surface area contributed by atoms with Crippen LogP contribution in [0.4, 0.5) is 5.69 Å². The highest BCUT2D eigenvalue weighted by molar-refractivity contribution is 7.84. The monoisotopic (exact) mass is 363 g/mol. The van der Waals surface area contributed by atoms with Crippen molar-refractivity contribution in [1.29, 1.82) is 0 Å². The van der Waals surface area contributed by atoms with Crippen molar-refractivity contribution in [1.82, 2.24) is 9.78 Å². The Balaban J connectivity index is 2.11. The lowest BCUT2D eigenvalue weighted by atomic mass is 10.2. The summed E-state index contributed by atoms with van der Waals surface area (Å²) >= 11 is 0. The lowest BCUT2D eigenvalue weighted by molar-refractivity contribution is -0.123. The number of anilines is 1. The van der Waals surface area contributed by atoms with Crippen LogP contribution < -0.4 is 5.32 Å². The van der Waals surface area contributed by atoms with Gasteiger partial charge >= 0.3 is 5.97 Å². The van der Waals surface area contributed by atoms with Gasteiger partial charge in [-0.2, -0.15) is 5.10 Å². The molecule has 1 amide bonds. The van der Waals surface area contributed by atoms with E-state index >= 15 is 0 Å². The number of benzene rings is 1. The van der Waals surface area contributed by atoms with E-state index in [2.05, 4.69) is 10.4 Å². The maximum atomic E-state index is 12.3. The maximum Gasteiger partial charge on any atom is 0.340 e. The fraction of sp³-hybridized carbons (Fsp3) is 0.353. The van der Waals surface area contributed by atoms with Gasteiger partial charge in [-0.1, -0.05) is 12.1 Å². The molecule has 0 fully saturated rings. The first kappa shape index (κ1) is 18.9. The van der Waals surface area contributed by atoms with Crippen LogP contribution in [0.1, 0.15) is 28.7 Å². The van der Waals surface area contributed by atoms with Crippen molar-refractivity contribution in [2.45, 2.75) is 31.8 Å². The Bertz CT molecular complexity index is 844. The normalized spacial score (nSPS) is 13.2. The second kappa shape index (κ2) is 7.60. The van der Waals surface area contributed by atoms with Gasteiger partial charge in [-0.3, -0.25) is 13.7 Å². The minimum atomic E-state index is -1.33. The van der Waals surface area contributed by atoms with Gasteiger partial charge in [-0.25, -0.2) is 4.79 Å². The summed E-state index contributed by atoms with van der Waals surface area (Å²) in [5, 5.41) is 6.96. The molecule has 0 bridgehead atoms. The number of hydrogen-bond donors (Lipinski definition) is 1. The Labute approximate surface area is 148 Å². The fourth-order valence-electron chi connectivity index (χ4n) is 2.34. The summed E-state index contributed by atoms with van der Waals surface area (Å²) in [6.07, 6.45) is 0.473. The quantitative estimate of drug-likeness (QED) is 0.820. The molecule has 0 saturated carbocycles. The molecule has 0 radical (unpaired) electrons. The van der Waals surface area contributed by atoms with Gasteiger partial charge in [0.2, 0.25) is 0 Å². The lowest BCUT2D eigenvalue weighted by Crippen LogP contribution is -2.30. The number of aryl methyl sites for hydroxylation is 2. The van der Waals surface area contributed by atoms with Gasteiger partial charge in [0.25, 0.3) is 5.91 Å². The van der Waals surface area contributed by atoms with Crippen molar-refractivity contribution < 1.29 is 18.5 Å². The summed E-state index contributed by atoms with van der Waals surface area (Å²) < 4.78 is 18.6. The molecule has 7 nitrogen and oxygen atoms in total. The summed E-state index contributed by atoms with van der Waals surface area (Å²) in [6.45, 7) is 5.10. The fourth-order valence-corrected chi connectivity index (χ4v) is 3.07. The number of nitrogens with one attached hydrogen (secondary N) is 1. The molecule has 2 atom stereocenters. The van der Waals surface area contributed by atoms with Crippen molar-refractivity contribution >= 4 is 28.4 Å². The molecule has 0 saturated heterocycles. The van der Waals surface area contributed by atoms with Crippen LogP contribution >= 0.6 is 0 Å². The molecule has 0 spiro atoms. The minimum Gasteiger partial charge on any atom is -0.449 e. The molecular weight excluding hydrogens is 342 g/mol. The van der Waals surface area contributed by atoms with Gasteiger partial charge < -0.3 is 10.1 Å². The number of nitrogens with zero attached hydrogens (tertiary/aromatic N) is 2. The predicted molar refractivity (Wildman–Crippen MR) is 95.0 cm³/mol. The van der Waals surface area contributed by atoms with E-state index in [9.17, 15) is 13.8 Å². The maximum absolute atomic E-state index is 12.3. The molecule has 25 heavy (non-hydrogen) atoms. The summed E-state index contributed by atoms with van der Waals surface area (Å²) in [7, 11) is 0.447. The largest absolute Gasteiger partial charge is 0.449 e. The first-order valence-electron chi connectivity index (χ1n) is 7.66. The zero-order valence-electron chi connectivity index (χ0n) is 14.8. The molecule has 1 N–H and O–H groups in total. The van der Waals surface area contributed by atoms with Gasteiger partial charge in [-0.15, -0.1) is 0 Å². The van der Waals surface area contributed by atoms with E-state index in [1.54, 1.807) is 36.9 Å². The van der Waals surface area contributed by atoms with Crippen LogP contribution in [0.15, 0.2) is 29.2 Å². The van der Waals surface area contributed by atoms with Crippen LogP contribution in [0.25, 0.3) is 0 Å². The van der Waals surface area contributed by atoms with E-state index in [4.69, 9.17) is 4.74 Å². The Morgan fingerprint density at radius 3 is 2.48 bits per heavy atom. The average molecular weight is 363 g/mol. The lowest BCUT2D eigenvalue weighted by Gasteiger charge is -2.14. The van der Waals surface area contributed by atoms with Crippen LogP contribution in [0.3, 0.4) is 0 Å². The van der Waals surface area contributed by atoms with E-state index in [1.807, 2.05) is 6.92 Å². The molecule has 1 aromatic carbocycles. The molecule has 8 heteroatoms. The molecule has 0 unspecified atom stereocenters. The molecule has 1 heterocycles. The van der Waals surface area contributed by atoms with E-state index < -0.39 is 28.8 Å². The standard InChI is InChI=1S/C17H21N3O4S/c1-10-15(11(2)20(4)19-10)18-16(21)12(3)24-17(22)13-8-6-7-9-14(13)25(5)23/h6-9,12H,1-5H3,(H,18,21)/t12-,25+/m0/s1. The van der Waals surface area contributed by atoms with E-state index in [0.717, 1.165) is 5.69 Å². The molecule has 0 aliphatic carbocycles. The molecule has 134 valence electrons. The third kappa shape index (κ3) is 4.14. The number of carbonyl (C=O) groups is 2. The second-order valence-electron chi connectivity index (χ2n) is 5.66. The highest BCUT2D eigenvalue weighted by atomic mass is 32.2. The molecule has 2 rings (SSSR count). The van der Waals surface area contributed by atoms with Crippen molar-refractivity contribution in [3.63, 3.8) is 0 Å². The first-order valence-corrected chi connectivity index (χ1v) is 9.22. The zero-order valence-corrected chi connectivity index (χ0v) is 15.6. The highest BCUT2D eigenvalue weighted by Gasteiger charge is 2.23. The topological polar surface area (TPSA) is 90.3 Å². The van der Waals surface area contributed by atoms with Crippen LogP contribution in [0.2, 0.25) is 0 Å². The van der Waals surface area contributed by atoms with Crippen molar-refractivity contribution in [3.8, 4) is 0 Å². The molecule has 1 aromatic heterocycles. The summed E-state index contributed by atoms with van der Waals surface area (Å²) in [4.78, 5) is 25.0. The van der Waals surface area contributed by atoms with Crippen molar-refractivity contribution in [2.75, 3.05) is 11.6 Å². The Morgan fingerprint density at radius 1 is 1.28 bits per heavy atom. The summed E-state index contributed by atoms with van der Waals surface area (Å²) in [6, 6.07) is 6.47. The van der Waals surface area contributed by atoms with E-state index in [1.165, 1.54) is 19.2 Å². The second-order valence-corrected chi connectivity index (χ2v) is 7.00. The molecule has 0 aliphatic rings. The number of rotatable bonds is 5. The molecular formula is C17H21N3O4S. The van der Waals surface area contributed by atoms with Gasteiger partial charge in [0.05, 0.1) is 38.3 Å². The third-order valence-electron chi connectivity index (χ3n) is 3.83. The number of hydrogen-bond acceptors (Lipinski definition) is 5. The number of aromatic nitrogens is 2. The van der Waals surface area contributed by atoms with E-state index in [0.29, 0.717) is 16.3 Å². The Morgan fingerprint density at radius 2 is 1.92 bits per heavy atom. The summed E-state index contributed by atoms with van der Waals surface area (Å²) in [5.41, 5.74) is 2.27. The van der Waals surface area contributed by atoms with Crippen LogP contribution in [-0.4, -0.2) is 38.2 Å². The predicted octanol–water partition coefficient (Wildman–Crippen LogP) is 1.96. The minimum absolute atomic E-state index is 0.191. The van der Waals surface area contributed by atoms with Crippen LogP contribution in [-0.2, 0) is 27.4 Å². The van der Waals surface area contributed by atoms with Crippen LogP contribution in [0, 0.1) is 13.8 Å². The van der Waals surface area contributed by atoms with Crippen molar-refractivity contribution in [2.24, 2.45) is 7.05 Å². The third-order valence-corrected chi connectivity index (χ3v) is 4.80. The average Bonchev–Trinajstić information content (AvgIpc) is 2.80.